The minimum Gasteiger partial charge on any atom is -0.396 e. The Bertz CT molecular complexity index is 1100. The number of nitrogens with zero attached hydrogens (tertiary/aromatic N) is 1. The average molecular weight is 525 g/mol. The van der Waals surface area contributed by atoms with Crippen LogP contribution in [-0.2, 0) is 9.84 Å². The summed E-state index contributed by atoms with van der Waals surface area (Å²) in [7, 11) is -3.47. The van der Waals surface area contributed by atoms with Crippen LogP contribution in [0.3, 0.4) is 0 Å². The van der Waals surface area contributed by atoms with Crippen molar-refractivity contribution in [1.29, 1.82) is 0 Å². The Kier molecular flexibility index (Phi) is 13.3. The lowest BCUT2D eigenvalue weighted by atomic mass is 9.99. The number of rotatable bonds is 10. The van der Waals surface area contributed by atoms with Gasteiger partial charge in [0.05, 0.1) is 4.90 Å². The maximum Gasteiger partial charge on any atom is 0.252 e. The van der Waals surface area contributed by atoms with E-state index in [-0.39, 0.29) is 34.7 Å². The Morgan fingerprint density at radius 2 is 1.89 bits per heavy atom. The number of carbonyl (C=O) groups excluding carboxylic acids is 1. The maximum absolute atomic E-state index is 13.3. The molecule has 0 aliphatic heterocycles. The van der Waals surface area contributed by atoms with Crippen molar-refractivity contribution in [3.05, 3.63) is 77.7 Å². The lowest BCUT2D eigenvalue weighted by molar-refractivity contribution is 0.0951. The van der Waals surface area contributed by atoms with E-state index in [1.807, 2.05) is 37.9 Å². The van der Waals surface area contributed by atoms with Crippen molar-refractivity contribution in [2.45, 2.75) is 25.7 Å². The van der Waals surface area contributed by atoms with E-state index in [4.69, 9.17) is 16.7 Å². The Labute approximate surface area is 213 Å². The summed E-state index contributed by atoms with van der Waals surface area (Å²) in [5.41, 5.74) is 2.84. The molecule has 0 aliphatic carbocycles. The zero-order valence-corrected chi connectivity index (χ0v) is 22.1. The number of benzene rings is 2. The summed E-state index contributed by atoms with van der Waals surface area (Å²) in [6.07, 6.45) is 6.70. The standard InChI is InChI=1S/C21H25FN2O3S.C5H9ClO/c1-4-13-24(5-2)14-12-23-21(25)20-15-18(28(3,26)27)10-11-19(20)16-6-8-17(22)9-7-16;1-5(4-7)2-3-6/h4,6-11,13,15H,5,12,14H2,1-3H3,(H,23,25);2-3,5,7H,4H2,1H3/b13-4+;3-2+. The second-order valence-electron chi connectivity index (χ2n) is 7.83. The molecule has 0 spiro atoms. The summed E-state index contributed by atoms with van der Waals surface area (Å²) in [6.45, 7) is 7.84. The van der Waals surface area contributed by atoms with Gasteiger partial charge in [-0.15, -0.1) is 0 Å². The third-order valence-electron chi connectivity index (χ3n) is 4.96. The Hall–Kier alpha value is -2.68. The molecule has 35 heavy (non-hydrogen) atoms. The van der Waals surface area contributed by atoms with Crippen LogP contribution in [0.5, 0.6) is 0 Å². The summed E-state index contributed by atoms with van der Waals surface area (Å²) in [4.78, 5) is 14.9. The number of aliphatic hydroxyl groups excluding tert-OH is 1. The maximum atomic E-state index is 13.3. The minimum atomic E-state index is -3.47. The van der Waals surface area contributed by atoms with E-state index in [9.17, 15) is 17.6 Å². The van der Waals surface area contributed by atoms with Crippen LogP contribution in [0.4, 0.5) is 4.39 Å². The van der Waals surface area contributed by atoms with E-state index in [0.29, 0.717) is 24.2 Å². The molecular formula is C26H34ClFN2O4S. The molecule has 2 N–H and O–H groups in total. The predicted octanol–water partition coefficient (Wildman–Crippen LogP) is 4.85. The summed E-state index contributed by atoms with van der Waals surface area (Å²) >= 11 is 5.18. The molecular weight excluding hydrogens is 491 g/mol. The molecule has 6 nitrogen and oxygen atoms in total. The molecule has 1 atom stereocenters. The van der Waals surface area contributed by atoms with Gasteiger partial charge < -0.3 is 15.3 Å². The zero-order chi connectivity index (χ0) is 26.4. The topological polar surface area (TPSA) is 86.7 Å². The van der Waals surface area contributed by atoms with Crippen LogP contribution in [-0.4, -0.2) is 56.8 Å². The second-order valence-corrected chi connectivity index (χ2v) is 10.1. The van der Waals surface area contributed by atoms with Crippen molar-refractivity contribution in [3.8, 4) is 11.1 Å². The number of aliphatic hydroxyl groups is 1. The summed E-state index contributed by atoms with van der Waals surface area (Å²) in [5, 5.41) is 11.2. The molecule has 1 amide bonds. The van der Waals surface area contributed by atoms with Gasteiger partial charge in [0.25, 0.3) is 5.91 Å². The largest absolute Gasteiger partial charge is 0.396 e. The van der Waals surface area contributed by atoms with Gasteiger partial charge in [-0.25, -0.2) is 12.8 Å². The number of halogens is 2. The molecule has 2 aromatic rings. The quantitative estimate of drug-likeness (QED) is 0.464. The van der Waals surface area contributed by atoms with Crippen LogP contribution in [0.1, 0.15) is 31.1 Å². The van der Waals surface area contributed by atoms with Crippen LogP contribution in [0.15, 0.2) is 71.2 Å². The fourth-order valence-electron chi connectivity index (χ4n) is 2.97. The number of hydrogen-bond donors (Lipinski definition) is 2. The van der Waals surface area contributed by atoms with Gasteiger partial charge >= 0.3 is 0 Å². The third-order valence-corrected chi connectivity index (χ3v) is 6.21. The molecule has 2 aromatic carbocycles. The Balaban J connectivity index is 0.000000762. The highest BCUT2D eigenvalue weighted by molar-refractivity contribution is 7.90. The lowest BCUT2D eigenvalue weighted by Crippen LogP contribution is -2.32. The molecule has 0 aliphatic rings. The van der Waals surface area contributed by atoms with E-state index in [0.717, 1.165) is 12.8 Å². The molecule has 0 saturated heterocycles. The van der Waals surface area contributed by atoms with Crippen molar-refractivity contribution < 1.29 is 22.7 Å². The molecule has 0 bridgehead atoms. The number of nitrogens with one attached hydrogen (secondary N) is 1. The fourth-order valence-corrected chi connectivity index (χ4v) is 3.86. The predicted molar refractivity (Wildman–Crippen MR) is 141 cm³/mol. The molecule has 0 radical (unpaired) electrons. The van der Waals surface area contributed by atoms with Crippen LogP contribution in [0, 0.1) is 11.7 Å². The second kappa shape index (κ2) is 15.3. The molecule has 0 saturated carbocycles. The van der Waals surface area contributed by atoms with Gasteiger partial charge in [0.2, 0.25) is 0 Å². The summed E-state index contributed by atoms with van der Waals surface area (Å²) in [6, 6.07) is 10.1. The van der Waals surface area contributed by atoms with Crippen LogP contribution in [0.2, 0.25) is 0 Å². The van der Waals surface area contributed by atoms with E-state index in [1.165, 1.54) is 29.8 Å². The first-order valence-corrected chi connectivity index (χ1v) is 13.5. The van der Waals surface area contributed by atoms with Crippen LogP contribution >= 0.6 is 11.6 Å². The highest BCUT2D eigenvalue weighted by atomic mass is 35.5. The normalized spacial score (nSPS) is 12.3. The zero-order valence-electron chi connectivity index (χ0n) is 20.5. The molecule has 0 fully saturated rings. The summed E-state index contributed by atoms with van der Waals surface area (Å²) < 4.78 is 37.1. The Morgan fingerprint density at radius 1 is 1.23 bits per heavy atom. The number of carbonyl (C=O) groups is 1. The monoisotopic (exact) mass is 524 g/mol. The van der Waals surface area contributed by atoms with Crippen molar-refractivity contribution >= 4 is 27.3 Å². The van der Waals surface area contributed by atoms with Gasteiger partial charge in [0.15, 0.2) is 9.84 Å². The van der Waals surface area contributed by atoms with Crippen molar-refractivity contribution in [2.24, 2.45) is 5.92 Å². The van der Waals surface area contributed by atoms with Gasteiger partial charge in [0.1, 0.15) is 5.82 Å². The smallest absolute Gasteiger partial charge is 0.252 e. The number of sulfone groups is 1. The van der Waals surface area contributed by atoms with E-state index in [2.05, 4.69) is 5.32 Å². The van der Waals surface area contributed by atoms with Crippen molar-refractivity contribution in [1.82, 2.24) is 10.2 Å². The van der Waals surface area contributed by atoms with Gasteiger partial charge in [0, 0.05) is 43.6 Å². The van der Waals surface area contributed by atoms with Crippen LogP contribution < -0.4 is 5.32 Å². The number of amides is 1. The highest BCUT2D eigenvalue weighted by Crippen LogP contribution is 2.27. The molecule has 0 heterocycles. The molecule has 9 heteroatoms. The first-order chi connectivity index (χ1) is 16.6. The summed E-state index contributed by atoms with van der Waals surface area (Å²) in [5.74, 6) is -0.565. The van der Waals surface area contributed by atoms with Gasteiger partial charge in [-0.2, -0.15) is 0 Å². The molecule has 1 unspecified atom stereocenters. The first-order valence-electron chi connectivity index (χ1n) is 11.2. The average Bonchev–Trinajstić information content (AvgIpc) is 2.83. The number of likely N-dealkylation sites (N-methyl/N-ethyl adjacent to an activating group) is 1. The lowest BCUT2D eigenvalue weighted by Gasteiger charge is -2.18. The van der Waals surface area contributed by atoms with E-state index >= 15 is 0 Å². The van der Waals surface area contributed by atoms with Crippen LogP contribution in [0.25, 0.3) is 11.1 Å². The highest BCUT2D eigenvalue weighted by Gasteiger charge is 2.17. The number of allylic oxidation sites excluding steroid dienone is 1. The van der Waals surface area contributed by atoms with Gasteiger partial charge in [-0.05, 0) is 61.4 Å². The SMILES string of the molecule is C/C=C/N(CC)CCNC(=O)c1cc(S(C)(=O)=O)ccc1-c1ccc(F)cc1.CC(/C=C/Cl)CO. The van der Waals surface area contributed by atoms with Gasteiger partial charge in [-0.1, -0.05) is 48.9 Å². The van der Waals surface area contributed by atoms with Crippen molar-refractivity contribution in [2.75, 3.05) is 32.5 Å². The van der Waals surface area contributed by atoms with Crippen molar-refractivity contribution in [3.63, 3.8) is 0 Å². The minimum absolute atomic E-state index is 0.0626. The Morgan fingerprint density at radius 3 is 2.37 bits per heavy atom. The first kappa shape index (κ1) is 30.4. The third kappa shape index (κ3) is 10.6. The number of hydrogen-bond acceptors (Lipinski definition) is 5. The molecule has 0 aromatic heterocycles. The molecule has 192 valence electrons. The van der Waals surface area contributed by atoms with E-state index < -0.39 is 9.84 Å². The molecule has 2 rings (SSSR count). The fraction of sp³-hybridized carbons (Fsp3) is 0.346. The van der Waals surface area contributed by atoms with E-state index in [1.54, 1.807) is 24.3 Å². The van der Waals surface area contributed by atoms with Gasteiger partial charge in [-0.3, -0.25) is 4.79 Å².